The van der Waals surface area contributed by atoms with Gasteiger partial charge in [-0.1, -0.05) is 18.2 Å². The topological polar surface area (TPSA) is 43.4 Å². The summed E-state index contributed by atoms with van der Waals surface area (Å²) in [5, 5.41) is 0. The maximum atomic E-state index is 11.1. The minimum Gasteiger partial charge on any atom is -0.386 e. The summed E-state index contributed by atoms with van der Waals surface area (Å²) < 4.78 is 15.0. The normalized spacial score (nSPS) is 10.9. The SMILES string of the molecule is O=C(OP(=O)(Cl)Cl)c1ccccc1. The van der Waals surface area contributed by atoms with Crippen molar-refractivity contribution in [2.45, 2.75) is 0 Å². The Morgan fingerprint density at radius 3 is 2.23 bits per heavy atom. The highest BCUT2D eigenvalue weighted by Gasteiger charge is 2.21. The van der Waals surface area contributed by atoms with E-state index in [4.69, 9.17) is 22.5 Å². The third kappa shape index (κ3) is 3.81. The van der Waals surface area contributed by atoms with Crippen molar-refractivity contribution in [2.75, 3.05) is 0 Å². The number of benzene rings is 1. The minimum atomic E-state index is -3.79. The molecule has 0 unspecified atom stereocenters. The molecule has 0 aliphatic carbocycles. The molecule has 0 N–H and O–H groups in total. The predicted octanol–water partition coefficient (Wildman–Crippen LogP) is 3.43. The lowest BCUT2D eigenvalue weighted by atomic mass is 10.2. The molecular weight excluding hydrogens is 234 g/mol. The molecule has 0 heterocycles. The Morgan fingerprint density at radius 2 is 1.77 bits per heavy atom. The first-order chi connectivity index (χ1) is 5.99. The van der Waals surface area contributed by atoms with Crippen LogP contribution in [0.15, 0.2) is 30.3 Å². The van der Waals surface area contributed by atoms with Gasteiger partial charge in [-0.3, -0.25) is 0 Å². The van der Waals surface area contributed by atoms with Gasteiger partial charge in [-0.25, -0.2) is 9.36 Å². The van der Waals surface area contributed by atoms with Crippen LogP contribution in [-0.4, -0.2) is 5.97 Å². The summed E-state index contributed by atoms with van der Waals surface area (Å²) in [6.45, 7) is 0. The summed E-state index contributed by atoms with van der Waals surface area (Å²) in [4.78, 5) is 11.1. The second-order valence-corrected chi connectivity index (χ2v) is 6.36. The van der Waals surface area contributed by atoms with E-state index in [1.54, 1.807) is 18.2 Å². The van der Waals surface area contributed by atoms with Gasteiger partial charge >= 0.3 is 12.0 Å². The lowest BCUT2D eigenvalue weighted by Gasteiger charge is -2.03. The van der Waals surface area contributed by atoms with E-state index in [1.807, 2.05) is 0 Å². The van der Waals surface area contributed by atoms with Crippen LogP contribution in [0.25, 0.3) is 0 Å². The zero-order valence-corrected chi connectivity index (χ0v) is 8.72. The monoisotopic (exact) mass is 238 g/mol. The number of carbonyl (C=O) groups is 1. The number of carbonyl (C=O) groups excluding carboxylic acids is 1. The molecule has 0 aliphatic heterocycles. The molecule has 13 heavy (non-hydrogen) atoms. The molecule has 0 saturated heterocycles. The highest BCUT2D eigenvalue weighted by molar-refractivity contribution is 8.05. The molecule has 70 valence electrons. The number of hydrogen-bond donors (Lipinski definition) is 0. The van der Waals surface area contributed by atoms with E-state index in [2.05, 4.69) is 4.52 Å². The summed E-state index contributed by atoms with van der Waals surface area (Å²) in [7, 11) is 0. The van der Waals surface area contributed by atoms with E-state index in [9.17, 15) is 9.36 Å². The van der Waals surface area contributed by atoms with Gasteiger partial charge in [-0.15, -0.1) is 0 Å². The largest absolute Gasteiger partial charge is 0.430 e. The summed E-state index contributed by atoms with van der Waals surface area (Å²) >= 11 is 10.1. The first kappa shape index (κ1) is 10.6. The van der Waals surface area contributed by atoms with Gasteiger partial charge in [0.05, 0.1) is 5.56 Å². The van der Waals surface area contributed by atoms with Gasteiger partial charge < -0.3 is 4.52 Å². The molecular formula is C7H5Cl2O3P. The Hall–Kier alpha value is -0.500. The van der Waals surface area contributed by atoms with E-state index >= 15 is 0 Å². The lowest BCUT2D eigenvalue weighted by molar-refractivity contribution is 0.0751. The van der Waals surface area contributed by atoms with Crippen LogP contribution in [0.4, 0.5) is 0 Å². The molecule has 1 aromatic carbocycles. The number of hydrogen-bond acceptors (Lipinski definition) is 3. The first-order valence-corrected chi connectivity index (χ1v) is 6.71. The fraction of sp³-hybridized carbons (Fsp3) is 0. The molecule has 0 spiro atoms. The number of halogens is 2. The van der Waals surface area contributed by atoms with Crippen molar-refractivity contribution < 1.29 is 13.9 Å². The summed E-state index contributed by atoms with van der Waals surface area (Å²) in [5.41, 5.74) is 0.254. The van der Waals surface area contributed by atoms with Crippen LogP contribution in [0.5, 0.6) is 0 Å². The molecule has 0 bridgehead atoms. The van der Waals surface area contributed by atoms with Crippen molar-refractivity contribution in [3.8, 4) is 0 Å². The van der Waals surface area contributed by atoms with Crippen molar-refractivity contribution in [1.29, 1.82) is 0 Å². The third-order valence-corrected chi connectivity index (χ3v) is 1.99. The van der Waals surface area contributed by atoms with E-state index in [0.29, 0.717) is 0 Å². The Morgan fingerprint density at radius 1 is 1.23 bits per heavy atom. The van der Waals surface area contributed by atoms with Gasteiger partial charge in [0.2, 0.25) is 0 Å². The highest BCUT2D eigenvalue weighted by Crippen LogP contribution is 2.57. The number of rotatable bonds is 2. The molecule has 0 radical (unpaired) electrons. The van der Waals surface area contributed by atoms with Gasteiger partial charge in [-0.05, 0) is 12.1 Å². The molecule has 0 aromatic heterocycles. The molecule has 0 fully saturated rings. The van der Waals surface area contributed by atoms with E-state index in [0.717, 1.165) is 0 Å². The fourth-order valence-electron chi connectivity index (χ4n) is 0.723. The summed E-state index contributed by atoms with van der Waals surface area (Å²) in [6.07, 6.45) is -3.79. The van der Waals surface area contributed by atoms with Crippen LogP contribution in [0.3, 0.4) is 0 Å². The molecule has 0 amide bonds. The first-order valence-electron chi connectivity index (χ1n) is 3.27. The fourth-order valence-corrected chi connectivity index (χ4v) is 1.40. The maximum Gasteiger partial charge on any atom is 0.430 e. The molecule has 0 atom stereocenters. The van der Waals surface area contributed by atoms with Crippen molar-refractivity contribution in [1.82, 2.24) is 0 Å². The average molecular weight is 239 g/mol. The molecule has 6 heteroatoms. The van der Waals surface area contributed by atoms with Crippen LogP contribution in [0.2, 0.25) is 0 Å². The summed E-state index contributed by atoms with van der Waals surface area (Å²) in [6, 6.07) is 8.03. The van der Waals surface area contributed by atoms with Gasteiger partial charge in [0.25, 0.3) is 0 Å². The average Bonchev–Trinajstić information content (AvgIpc) is 2.03. The zero-order valence-electron chi connectivity index (χ0n) is 6.31. The van der Waals surface area contributed by atoms with E-state index < -0.39 is 12.0 Å². The quantitative estimate of drug-likeness (QED) is 0.742. The smallest absolute Gasteiger partial charge is 0.386 e. The van der Waals surface area contributed by atoms with Crippen molar-refractivity contribution in [3.63, 3.8) is 0 Å². The maximum absolute atomic E-state index is 11.1. The zero-order chi connectivity index (χ0) is 9.90. The van der Waals surface area contributed by atoms with Crippen molar-refractivity contribution in [2.24, 2.45) is 0 Å². The minimum absolute atomic E-state index is 0.254. The van der Waals surface area contributed by atoms with Crippen LogP contribution < -0.4 is 0 Å². The van der Waals surface area contributed by atoms with Crippen LogP contribution in [-0.2, 0) is 9.09 Å². The van der Waals surface area contributed by atoms with Gasteiger partial charge in [0, 0.05) is 22.5 Å². The second kappa shape index (κ2) is 4.14. The van der Waals surface area contributed by atoms with Crippen molar-refractivity contribution >= 4 is 34.5 Å². The second-order valence-electron chi connectivity index (χ2n) is 2.16. The van der Waals surface area contributed by atoms with Crippen LogP contribution >= 0.6 is 28.6 Å². The van der Waals surface area contributed by atoms with Crippen molar-refractivity contribution in [3.05, 3.63) is 35.9 Å². The molecule has 0 saturated carbocycles. The third-order valence-electron chi connectivity index (χ3n) is 1.20. The molecule has 3 nitrogen and oxygen atoms in total. The van der Waals surface area contributed by atoms with E-state index in [-0.39, 0.29) is 5.56 Å². The van der Waals surface area contributed by atoms with Gasteiger partial charge in [0.1, 0.15) is 0 Å². The Bertz CT molecular complexity index is 346. The highest BCUT2D eigenvalue weighted by atomic mass is 35.9. The Labute approximate surface area is 84.6 Å². The Kier molecular flexibility index (Phi) is 3.37. The summed E-state index contributed by atoms with van der Waals surface area (Å²) in [5.74, 6) is -0.797. The standard InChI is InChI=1S/C7H5Cl2O3P/c8-13(9,11)12-7(10)6-4-2-1-3-5-6/h1-5H. The van der Waals surface area contributed by atoms with Gasteiger partial charge in [-0.2, -0.15) is 0 Å². The van der Waals surface area contributed by atoms with Crippen LogP contribution in [0, 0.1) is 0 Å². The molecule has 1 aromatic rings. The van der Waals surface area contributed by atoms with Crippen LogP contribution in [0.1, 0.15) is 10.4 Å². The van der Waals surface area contributed by atoms with Gasteiger partial charge in [0.15, 0.2) is 0 Å². The molecule has 0 aliphatic rings. The predicted molar refractivity (Wildman–Crippen MR) is 51.2 cm³/mol. The van der Waals surface area contributed by atoms with E-state index in [1.165, 1.54) is 12.1 Å². The molecule has 1 rings (SSSR count). The lowest BCUT2D eigenvalue weighted by Crippen LogP contribution is -1.99. The Balaban J connectivity index is 2.76.